The van der Waals surface area contributed by atoms with Crippen molar-refractivity contribution in [2.24, 2.45) is 11.5 Å². The predicted molar refractivity (Wildman–Crippen MR) is 53.2 cm³/mol. The van der Waals surface area contributed by atoms with Gasteiger partial charge in [0.1, 0.15) is 0 Å². The van der Waals surface area contributed by atoms with Gasteiger partial charge in [-0.25, -0.2) is 0 Å². The average molecular weight is 194 g/mol. The predicted octanol–water partition coefficient (Wildman–Crippen LogP) is -0.0773. The number of carbonyl (C=O) groups is 1. The summed E-state index contributed by atoms with van der Waals surface area (Å²) in [6.45, 7) is 1.31. The van der Waals surface area contributed by atoms with E-state index in [1.54, 1.807) is 24.3 Å². The van der Waals surface area contributed by atoms with E-state index in [1.165, 1.54) is 6.92 Å². The number of primary amides is 1. The normalized spacial score (nSPS) is 17.1. The van der Waals surface area contributed by atoms with Gasteiger partial charge in [0.25, 0.3) is 5.91 Å². The van der Waals surface area contributed by atoms with E-state index < -0.39 is 17.6 Å². The molecule has 0 fully saturated rings. The Morgan fingerprint density at radius 2 is 1.93 bits per heavy atom. The Hall–Kier alpha value is -1.39. The van der Waals surface area contributed by atoms with E-state index in [0.717, 1.165) is 0 Å². The zero-order valence-corrected chi connectivity index (χ0v) is 7.97. The molecule has 0 aromatic heterocycles. The third-order valence-corrected chi connectivity index (χ3v) is 2.26. The van der Waals surface area contributed by atoms with E-state index in [1.807, 2.05) is 6.07 Å². The number of amides is 1. The number of carbonyl (C=O) groups excluding carboxylic acids is 1. The lowest BCUT2D eigenvalue weighted by Crippen LogP contribution is -2.49. The van der Waals surface area contributed by atoms with Gasteiger partial charge in [0, 0.05) is 0 Å². The Kier molecular flexibility index (Phi) is 2.88. The second kappa shape index (κ2) is 3.77. The van der Waals surface area contributed by atoms with Gasteiger partial charge in [-0.3, -0.25) is 4.79 Å². The monoisotopic (exact) mass is 194 g/mol. The minimum atomic E-state index is -1.72. The Morgan fingerprint density at radius 3 is 2.36 bits per heavy atom. The molecule has 4 nitrogen and oxygen atoms in total. The van der Waals surface area contributed by atoms with Crippen LogP contribution in [0.1, 0.15) is 18.5 Å². The van der Waals surface area contributed by atoms with Crippen LogP contribution < -0.4 is 11.5 Å². The molecule has 0 aliphatic heterocycles. The van der Waals surface area contributed by atoms with Gasteiger partial charge in [-0.2, -0.15) is 0 Å². The summed E-state index contributed by atoms with van der Waals surface area (Å²) in [6, 6.07) is 8.07. The second-order valence-corrected chi connectivity index (χ2v) is 3.40. The molecule has 76 valence electrons. The van der Waals surface area contributed by atoms with Crippen molar-refractivity contribution >= 4 is 5.91 Å². The van der Waals surface area contributed by atoms with Crippen molar-refractivity contribution in [3.8, 4) is 0 Å². The van der Waals surface area contributed by atoms with E-state index in [4.69, 9.17) is 11.5 Å². The van der Waals surface area contributed by atoms with Gasteiger partial charge in [-0.05, 0) is 12.5 Å². The maximum atomic E-state index is 10.9. The first-order valence-electron chi connectivity index (χ1n) is 4.29. The summed E-state index contributed by atoms with van der Waals surface area (Å²) in [6.07, 6.45) is 0. The zero-order chi connectivity index (χ0) is 10.8. The molecule has 0 unspecified atom stereocenters. The molecule has 2 atom stereocenters. The lowest BCUT2D eigenvalue weighted by molar-refractivity contribution is -0.136. The van der Waals surface area contributed by atoms with E-state index >= 15 is 0 Å². The Balaban J connectivity index is 2.96. The van der Waals surface area contributed by atoms with Crippen molar-refractivity contribution in [2.75, 3.05) is 0 Å². The Bertz CT molecular complexity index is 322. The highest BCUT2D eigenvalue weighted by Crippen LogP contribution is 2.22. The molecule has 1 rings (SSSR count). The highest BCUT2D eigenvalue weighted by molar-refractivity contribution is 5.83. The summed E-state index contributed by atoms with van der Waals surface area (Å²) in [5.74, 6) is -0.825. The second-order valence-electron chi connectivity index (χ2n) is 3.40. The van der Waals surface area contributed by atoms with Gasteiger partial charge in [-0.15, -0.1) is 0 Å². The molecular weight excluding hydrogens is 180 g/mol. The molecule has 0 saturated carbocycles. The number of aliphatic hydroxyl groups is 1. The van der Waals surface area contributed by atoms with Crippen LogP contribution in [0, 0.1) is 0 Å². The van der Waals surface area contributed by atoms with Crippen molar-refractivity contribution in [1.29, 1.82) is 0 Å². The quantitative estimate of drug-likeness (QED) is 0.628. The molecule has 1 amide bonds. The molecule has 0 saturated heterocycles. The summed E-state index contributed by atoms with van der Waals surface area (Å²) < 4.78 is 0. The molecule has 1 aromatic rings. The van der Waals surface area contributed by atoms with Gasteiger partial charge in [0.15, 0.2) is 5.60 Å². The molecule has 1 aromatic carbocycles. The fourth-order valence-electron chi connectivity index (χ4n) is 1.14. The Labute approximate surface area is 82.5 Å². The van der Waals surface area contributed by atoms with Gasteiger partial charge in [0.2, 0.25) is 0 Å². The van der Waals surface area contributed by atoms with Crippen molar-refractivity contribution in [2.45, 2.75) is 18.6 Å². The minimum absolute atomic E-state index is 0.677. The third kappa shape index (κ3) is 1.92. The first-order valence-corrected chi connectivity index (χ1v) is 4.29. The lowest BCUT2D eigenvalue weighted by atomic mass is 9.90. The fraction of sp³-hybridized carbons (Fsp3) is 0.300. The molecule has 4 heteroatoms. The van der Waals surface area contributed by atoms with Crippen LogP contribution in [-0.4, -0.2) is 16.6 Å². The minimum Gasteiger partial charge on any atom is -0.378 e. The number of hydrogen-bond acceptors (Lipinski definition) is 3. The largest absolute Gasteiger partial charge is 0.378 e. The van der Waals surface area contributed by atoms with Crippen molar-refractivity contribution < 1.29 is 9.90 Å². The lowest BCUT2D eigenvalue weighted by Gasteiger charge is -2.26. The van der Waals surface area contributed by atoms with Gasteiger partial charge in [0.05, 0.1) is 6.04 Å². The molecule has 0 aliphatic rings. The van der Waals surface area contributed by atoms with Crippen LogP contribution in [0.15, 0.2) is 30.3 Å². The van der Waals surface area contributed by atoms with E-state index in [-0.39, 0.29) is 0 Å². The summed E-state index contributed by atoms with van der Waals surface area (Å²) in [5.41, 5.74) is 9.72. The first kappa shape index (κ1) is 10.7. The van der Waals surface area contributed by atoms with Gasteiger partial charge >= 0.3 is 0 Å². The highest BCUT2D eigenvalue weighted by atomic mass is 16.3. The topological polar surface area (TPSA) is 89.3 Å². The van der Waals surface area contributed by atoms with E-state index in [9.17, 15) is 9.90 Å². The zero-order valence-electron chi connectivity index (χ0n) is 7.97. The first-order chi connectivity index (χ1) is 6.46. The van der Waals surface area contributed by atoms with Crippen molar-refractivity contribution in [3.05, 3.63) is 35.9 Å². The molecule has 14 heavy (non-hydrogen) atoms. The van der Waals surface area contributed by atoms with Gasteiger partial charge in [-0.1, -0.05) is 30.3 Å². The molecular formula is C10H14N2O2. The molecule has 0 radical (unpaired) electrons. The summed E-state index contributed by atoms with van der Waals surface area (Å²) in [5, 5.41) is 9.71. The maximum absolute atomic E-state index is 10.9. The smallest absolute Gasteiger partial charge is 0.251 e. The van der Waals surface area contributed by atoms with Crippen LogP contribution in [0.5, 0.6) is 0 Å². The molecule has 0 spiro atoms. The third-order valence-electron chi connectivity index (χ3n) is 2.26. The molecule has 5 N–H and O–H groups in total. The van der Waals surface area contributed by atoms with Crippen LogP contribution in [0.3, 0.4) is 0 Å². The van der Waals surface area contributed by atoms with E-state index in [2.05, 4.69) is 0 Å². The summed E-state index contributed by atoms with van der Waals surface area (Å²) >= 11 is 0. The Morgan fingerprint density at radius 1 is 1.43 bits per heavy atom. The average Bonchev–Trinajstić information content (AvgIpc) is 2.17. The summed E-state index contributed by atoms with van der Waals surface area (Å²) in [7, 11) is 0. The standard InChI is InChI=1S/C10H14N2O2/c1-10(14,9(12)13)8(11)7-5-3-2-4-6-7/h2-6,8,14H,11H2,1H3,(H2,12,13)/t8-,10+/m0/s1. The maximum Gasteiger partial charge on any atom is 0.251 e. The number of rotatable bonds is 3. The van der Waals surface area contributed by atoms with Crippen LogP contribution >= 0.6 is 0 Å². The van der Waals surface area contributed by atoms with E-state index in [0.29, 0.717) is 5.56 Å². The van der Waals surface area contributed by atoms with Crippen LogP contribution in [0.2, 0.25) is 0 Å². The number of benzene rings is 1. The van der Waals surface area contributed by atoms with Crippen LogP contribution in [0.25, 0.3) is 0 Å². The summed E-state index contributed by atoms with van der Waals surface area (Å²) in [4.78, 5) is 10.9. The molecule has 0 heterocycles. The fourth-order valence-corrected chi connectivity index (χ4v) is 1.14. The van der Waals surface area contributed by atoms with Crippen LogP contribution in [-0.2, 0) is 4.79 Å². The number of hydrogen-bond donors (Lipinski definition) is 3. The molecule has 0 aliphatic carbocycles. The highest BCUT2D eigenvalue weighted by Gasteiger charge is 2.35. The van der Waals surface area contributed by atoms with Crippen molar-refractivity contribution in [1.82, 2.24) is 0 Å². The SMILES string of the molecule is C[C@](O)(C(N)=O)[C@@H](N)c1ccccc1. The van der Waals surface area contributed by atoms with Crippen LogP contribution in [0.4, 0.5) is 0 Å². The molecule has 0 bridgehead atoms. The van der Waals surface area contributed by atoms with Gasteiger partial charge < -0.3 is 16.6 Å². The van der Waals surface area contributed by atoms with Crippen molar-refractivity contribution in [3.63, 3.8) is 0 Å². The number of nitrogens with two attached hydrogens (primary N) is 2.